The number of hydrogen-bond acceptors (Lipinski definition) is 9. The number of aromatic nitrogens is 6. The van der Waals surface area contributed by atoms with Gasteiger partial charge in [0.05, 0.1) is 29.0 Å². The van der Waals surface area contributed by atoms with E-state index >= 15 is 0 Å². The molecule has 0 aliphatic carbocycles. The molecule has 0 radical (unpaired) electrons. The SMILES string of the molecule is COC[C@H]1COc2c(ccnc2Cl)-c2nnc(CS(=O)(=O)CCc3ncc(Cl)cn3)n21. The Labute approximate surface area is 188 Å². The molecular weight excluding hydrogens is 467 g/mol. The third-order valence-electron chi connectivity index (χ3n) is 4.67. The van der Waals surface area contributed by atoms with Crippen molar-refractivity contribution in [3.8, 4) is 17.1 Å². The van der Waals surface area contributed by atoms with Crippen LogP contribution in [0, 0.1) is 0 Å². The van der Waals surface area contributed by atoms with E-state index in [1.807, 2.05) is 0 Å². The molecular formula is C18H18Cl2N6O4S. The minimum Gasteiger partial charge on any atom is -0.487 e. The number of sulfone groups is 1. The van der Waals surface area contributed by atoms with Gasteiger partial charge >= 0.3 is 0 Å². The van der Waals surface area contributed by atoms with Gasteiger partial charge in [0.25, 0.3) is 0 Å². The number of rotatable bonds is 7. The van der Waals surface area contributed by atoms with Crippen molar-refractivity contribution in [2.45, 2.75) is 18.2 Å². The summed E-state index contributed by atoms with van der Waals surface area (Å²) < 4.78 is 38.5. The van der Waals surface area contributed by atoms with Crippen molar-refractivity contribution < 1.29 is 17.9 Å². The number of fused-ring (bicyclic) bond motifs is 3. The fraction of sp³-hybridized carbons (Fsp3) is 0.389. The molecule has 13 heteroatoms. The first-order valence-electron chi connectivity index (χ1n) is 9.25. The molecule has 0 bridgehead atoms. The molecule has 31 heavy (non-hydrogen) atoms. The molecule has 1 aliphatic rings. The zero-order valence-corrected chi connectivity index (χ0v) is 18.7. The molecule has 0 fully saturated rings. The molecule has 0 saturated carbocycles. The highest BCUT2D eigenvalue weighted by molar-refractivity contribution is 7.90. The van der Waals surface area contributed by atoms with E-state index < -0.39 is 9.84 Å². The van der Waals surface area contributed by atoms with Crippen molar-refractivity contribution in [2.24, 2.45) is 0 Å². The van der Waals surface area contributed by atoms with Gasteiger partial charge in [0.1, 0.15) is 24.0 Å². The summed E-state index contributed by atoms with van der Waals surface area (Å²) in [5.74, 6) is 1.07. The van der Waals surface area contributed by atoms with Crippen LogP contribution >= 0.6 is 23.2 Å². The zero-order chi connectivity index (χ0) is 22.0. The van der Waals surface area contributed by atoms with Gasteiger partial charge in [-0.3, -0.25) is 0 Å². The highest BCUT2D eigenvalue weighted by Crippen LogP contribution is 2.38. The molecule has 10 nitrogen and oxygen atoms in total. The van der Waals surface area contributed by atoms with Crippen LogP contribution in [0.4, 0.5) is 0 Å². The molecule has 3 aromatic heterocycles. The first-order valence-corrected chi connectivity index (χ1v) is 11.8. The first kappa shape index (κ1) is 21.9. The van der Waals surface area contributed by atoms with Crippen LogP contribution in [0.2, 0.25) is 10.2 Å². The maximum atomic E-state index is 12.8. The van der Waals surface area contributed by atoms with Gasteiger partial charge in [-0.25, -0.2) is 23.4 Å². The Kier molecular flexibility index (Phi) is 6.37. The third-order valence-corrected chi connectivity index (χ3v) is 6.66. The molecule has 1 aliphatic heterocycles. The average molecular weight is 485 g/mol. The van der Waals surface area contributed by atoms with Crippen molar-refractivity contribution in [3.05, 3.63) is 46.5 Å². The summed E-state index contributed by atoms with van der Waals surface area (Å²) in [6.45, 7) is 0.471. The Hall–Kier alpha value is -2.34. The molecule has 164 valence electrons. The van der Waals surface area contributed by atoms with E-state index in [9.17, 15) is 8.42 Å². The highest BCUT2D eigenvalue weighted by atomic mass is 35.5. The van der Waals surface area contributed by atoms with E-state index in [1.54, 1.807) is 17.7 Å². The van der Waals surface area contributed by atoms with E-state index in [-0.39, 0.29) is 42.3 Å². The first-order chi connectivity index (χ1) is 14.9. The number of hydrogen-bond donors (Lipinski definition) is 0. The van der Waals surface area contributed by atoms with E-state index in [0.717, 1.165) is 0 Å². The minimum absolute atomic E-state index is 0.144. The molecule has 0 aromatic carbocycles. The second-order valence-corrected chi connectivity index (χ2v) is 9.85. The van der Waals surface area contributed by atoms with E-state index in [4.69, 9.17) is 32.7 Å². The van der Waals surface area contributed by atoms with Crippen molar-refractivity contribution >= 4 is 33.0 Å². The Morgan fingerprint density at radius 2 is 2.00 bits per heavy atom. The lowest BCUT2D eigenvalue weighted by Crippen LogP contribution is -2.24. The number of ether oxygens (including phenoxy) is 2. The number of pyridine rings is 1. The molecule has 4 heterocycles. The highest BCUT2D eigenvalue weighted by Gasteiger charge is 2.31. The number of aryl methyl sites for hydroxylation is 1. The largest absolute Gasteiger partial charge is 0.487 e. The van der Waals surface area contributed by atoms with Crippen LogP contribution in [0.1, 0.15) is 17.7 Å². The molecule has 3 aromatic rings. The van der Waals surface area contributed by atoms with E-state index in [0.29, 0.717) is 33.8 Å². The molecule has 0 saturated heterocycles. The molecule has 0 unspecified atom stereocenters. The Morgan fingerprint density at radius 1 is 1.23 bits per heavy atom. The van der Waals surface area contributed by atoms with Crippen LogP contribution in [0.5, 0.6) is 5.75 Å². The monoisotopic (exact) mass is 484 g/mol. The van der Waals surface area contributed by atoms with Gasteiger partial charge in [-0.15, -0.1) is 10.2 Å². The zero-order valence-electron chi connectivity index (χ0n) is 16.4. The van der Waals surface area contributed by atoms with Crippen molar-refractivity contribution in [1.29, 1.82) is 0 Å². The third kappa shape index (κ3) is 4.79. The summed E-state index contributed by atoms with van der Waals surface area (Å²) >= 11 is 12.0. The lowest BCUT2D eigenvalue weighted by molar-refractivity contribution is 0.124. The van der Waals surface area contributed by atoms with Crippen molar-refractivity contribution in [2.75, 3.05) is 26.1 Å². The van der Waals surface area contributed by atoms with Crippen LogP contribution in [0.25, 0.3) is 11.4 Å². The molecule has 1 atom stereocenters. The van der Waals surface area contributed by atoms with E-state index in [2.05, 4.69) is 25.1 Å². The molecule has 0 N–H and O–H groups in total. The minimum atomic E-state index is -3.54. The van der Waals surface area contributed by atoms with Crippen LogP contribution < -0.4 is 4.74 Å². The predicted molar refractivity (Wildman–Crippen MR) is 113 cm³/mol. The normalized spacial score (nSPS) is 15.6. The quantitative estimate of drug-likeness (QED) is 0.464. The number of halogens is 2. The van der Waals surface area contributed by atoms with Gasteiger partial charge in [-0.05, 0) is 6.07 Å². The number of nitrogens with zero attached hydrogens (tertiary/aromatic N) is 6. The topological polar surface area (TPSA) is 122 Å². The number of methoxy groups -OCH3 is 1. The van der Waals surface area contributed by atoms with E-state index in [1.165, 1.54) is 18.6 Å². The summed E-state index contributed by atoms with van der Waals surface area (Å²) in [6, 6.07) is 1.36. The Balaban J connectivity index is 1.63. The summed E-state index contributed by atoms with van der Waals surface area (Å²) in [6.07, 6.45) is 4.56. The fourth-order valence-corrected chi connectivity index (χ4v) is 4.82. The summed E-state index contributed by atoms with van der Waals surface area (Å²) in [4.78, 5) is 12.1. The van der Waals surface area contributed by atoms with Crippen LogP contribution in [0.15, 0.2) is 24.7 Å². The van der Waals surface area contributed by atoms with Crippen LogP contribution in [-0.2, 0) is 26.7 Å². The van der Waals surface area contributed by atoms with Crippen LogP contribution in [0.3, 0.4) is 0 Å². The summed E-state index contributed by atoms with van der Waals surface area (Å²) in [5, 5.41) is 8.98. The summed E-state index contributed by atoms with van der Waals surface area (Å²) in [7, 11) is -1.98. The van der Waals surface area contributed by atoms with Gasteiger partial charge in [-0.2, -0.15) is 0 Å². The molecule has 0 spiro atoms. The Bertz CT molecular complexity index is 1190. The van der Waals surface area contributed by atoms with Crippen molar-refractivity contribution in [3.63, 3.8) is 0 Å². The standard InChI is InChI=1S/C18H18Cl2N6O4S/c1-29-8-12-9-30-16-13(2-4-21-17(16)20)18-25-24-15(26(12)18)10-31(27,28)5-3-14-22-6-11(19)7-23-14/h2,4,6-7,12H,3,5,8-10H2,1H3/t12-/m0/s1. The molecule has 0 amide bonds. The Morgan fingerprint density at radius 3 is 2.74 bits per heavy atom. The van der Waals surface area contributed by atoms with Crippen molar-refractivity contribution in [1.82, 2.24) is 29.7 Å². The van der Waals surface area contributed by atoms with Gasteiger partial charge in [-0.1, -0.05) is 23.2 Å². The van der Waals surface area contributed by atoms with Gasteiger partial charge < -0.3 is 14.0 Å². The molecule has 4 rings (SSSR count). The smallest absolute Gasteiger partial charge is 0.171 e. The average Bonchev–Trinajstić information content (AvgIpc) is 3.06. The summed E-state index contributed by atoms with van der Waals surface area (Å²) in [5.41, 5.74) is 0.587. The fourth-order valence-electron chi connectivity index (χ4n) is 3.28. The maximum Gasteiger partial charge on any atom is 0.171 e. The lowest BCUT2D eigenvalue weighted by atomic mass is 10.2. The van der Waals surface area contributed by atoms with Gasteiger partial charge in [0.15, 0.2) is 26.6 Å². The lowest BCUT2D eigenvalue weighted by Gasteiger charge is -2.18. The van der Waals surface area contributed by atoms with Gasteiger partial charge in [0.2, 0.25) is 0 Å². The second-order valence-electron chi connectivity index (χ2n) is 6.87. The predicted octanol–water partition coefficient (Wildman–Crippen LogP) is 2.17. The maximum absolute atomic E-state index is 12.8. The van der Waals surface area contributed by atoms with Gasteiger partial charge in [0, 0.05) is 32.1 Å². The van der Waals surface area contributed by atoms with Crippen LogP contribution in [-0.4, -0.2) is 64.2 Å². The second kappa shape index (κ2) is 9.03.